The summed E-state index contributed by atoms with van der Waals surface area (Å²) >= 11 is 5.11. The van der Waals surface area contributed by atoms with E-state index in [2.05, 4.69) is 15.9 Å². The average Bonchev–Trinajstić information content (AvgIpc) is 3.59. The Kier molecular flexibility index (Phi) is 8.22. The van der Waals surface area contributed by atoms with E-state index in [9.17, 15) is 14.0 Å². The number of rotatable bonds is 8. The first-order valence-electron chi connectivity index (χ1n) is 12.4. The molecule has 9 heteroatoms. The molecule has 1 fully saturated rings. The third kappa shape index (κ3) is 6.22. The monoisotopic (exact) mass is 586 g/mol. The van der Waals surface area contributed by atoms with Crippen LogP contribution in [0.3, 0.4) is 0 Å². The van der Waals surface area contributed by atoms with Crippen LogP contribution in [0, 0.1) is 5.82 Å². The number of benzene rings is 2. The van der Waals surface area contributed by atoms with Crippen molar-refractivity contribution in [1.82, 2.24) is 9.80 Å². The van der Waals surface area contributed by atoms with Crippen LogP contribution in [0.1, 0.15) is 39.7 Å². The molecule has 0 aliphatic carbocycles. The quantitative estimate of drug-likeness (QED) is 0.351. The summed E-state index contributed by atoms with van der Waals surface area (Å²) in [7, 11) is 0. The van der Waals surface area contributed by atoms with Crippen molar-refractivity contribution >= 4 is 39.1 Å². The number of fused-ring (bicyclic) bond motifs is 1. The van der Waals surface area contributed by atoms with E-state index in [1.54, 1.807) is 40.5 Å². The highest BCUT2D eigenvalue weighted by Crippen LogP contribution is 2.34. The number of halogens is 2. The lowest BCUT2D eigenvalue weighted by Crippen LogP contribution is -2.49. The lowest BCUT2D eigenvalue weighted by molar-refractivity contribution is -0.135. The van der Waals surface area contributed by atoms with E-state index in [1.807, 2.05) is 28.5 Å². The number of thiophene rings is 1. The Morgan fingerprint density at radius 2 is 2.03 bits per heavy atom. The van der Waals surface area contributed by atoms with Crippen LogP contribution in [0.4, 0.5) is 4.39 Å². The summed E-state index contributed by atoms with van der Waals surface area (Å²) in [6.07, 6.45) is 2.50. The number of carbonyl (C=O) groups excluding carboxylic acids is 2. The van der Waals surface area contributed by atoms with Gasteiger partial charge in [0.15, 0.2) is 0 Å². The fraction of sp³-hybridized carbons (Fsp3) is 0.357. The molecule has 2 atom stereocenters. The number of nitrogens with zero attached hydrogens (tertiary/aromatic N) is 2. The van der Waals surface area contributed by atoms with Crippen molar-refractivity contribution in [2.45, 2.75) is 31.4 Å². The number of ether oxygens (including phenoxy) is 2. The van der Waals surface area contributed by atoms with Gasteiger partial charge < -0.3 is 19.3 Å². The van der Waals surface area contributed by atoms with E-state index < -0.39 is 0 Å². The normalized spacial score (nSPS) is 18.9. The zero-order chi connectivity index (χ0) is 25.8. The SMILES string of the molecule is O=C(c1cccc(Br)c1)N(CC(=O)N1CCc2sccc2C1COc1ccc(F)cc1)CC1CCCO1. The van der Waals surface area contributed by atoms with Gasteiger partial charge in [-0.3, -0.25) is 9.59 Å². The summed E-state index contributed by atoms with van der Waals surface area (Å²) in [5, 5.41) is 2.03. The Morgan fingerprint density at radius 3 is 2.78 bits per heavy atom. The molecule has 5 rings (SSSR count). The molecule has 0 spiro atoms. The second-order valence-electron chi connectivity index (χ2n) is 9.25. The number of carbonyl (C=O) groups is 2. The van der Waals surface area contributed by atoms with Gasteiger partial charge in [-0.2, -0.15) is 0 Å². The Morgan fingerprint density at radius 1 is 1.19 bits per heavy atom. The van der Waals surface area contributed by atoms with Crippen molar-refractivity contribution < 1.29 is 23.5 Å². The lowest BCUT2D eigenvalue weighted by Gasteiger charge is -2.37. The van der Waals surface area contributed by atoms with Crippen molar-refractivity contribution in [2.75, 3.05) is 32.8 Å². The molecule has 2 aliphatic rings. The predicted molar refractivity (Wildman–Crippen MR) is 143 cm³/mol. The molecule has 37 heavy (non-hydrogen) atoms. The molecule has 0 bridgehead atoms. The average molecular weight is 588 g/mol. The molecule has 6 nitrogen and oxygen atoms in total. The van der Waals surface area contributed by atoms with Crippen LogP contribution in [0.2, 0.25) is 0 Å². The maximum atomic E-state index is 13.8. The number of amides is 2. The molecule has 3 aromatic rings. The fourth-order valence-electron chi connectivity index (χ4n) is 4.89. The zero-order valence-corrected chi connectivity index (χ0v) is 22.7. The molecule has 0 radical (unpaired) electrons. The van der Waals surface area contributed by atoms with Gasteiger partial charge in [0.25, 0.3) is 5.91 Å². The molecule has 194 valence electrons. The Bertz CT molecular complexity index is 1240. The first kappa shape index (κ1) is 25.9. The molecule has 2 unspecified atom stereocenters. The molecular formula is C28H28BrFN2O4S. The van der Waals surface area contributed by atoms with Gasteiger partial charge in [0, 0.05) is 34.6 Å². The summed E-state index contributed by atoms with van der Waals surface area (Å²) in [6.45, 7) is 1.78. The largest absolute Gasteiger partial charge is 0.491 e. The van der Waals surface area contributed by atoms with Gasteiger partial charge in [-0.15, -0.1) is 11.3 Å². The van der Waals surface area contributed by atoms with Gasteiger partial charge in [-0.05, 0) is 78.7 Å². The predicted octanol–water partition coefficient (Wildman–Crippen LogP) is 5.48. The van der Waals surface area contributed by atoms with Gasteiger partial charge in [0.2, 0.25) is 5.91 Å². The van der Waals surface area contributed by atoms with E-state index in [4.69, 9.17) is 9.47 Å². The lowest BCUT2D eigenvalue weighted by atomic mass is 10.00. The molecule has 1 saturated heterocycles. The van der Waals surface area contributed by atoms with E-state index in [0.717, 1.165) is 29.3 Å². The topological polar surface area (TPSA) is 59.1 Å². The number of hydrogen-bond acceptors (Lipinski definition) is 5. The Hall–Kier alpha value is -2.75. The molecule has 0 N–H and O–H groups in total. The van der Waals surface area contributed by atoms with E-state index >= 15 is 0 Å². The minimum absolute atomic E-state index is 0.0439. The highest BCUT2D eigenvalue weighted by atomic mass is 79.9. The molecule has 2 aromatic carbocycles. The van der Waals surface area contributed by atoms with Crippen LogP contribution >= 0.6 is 27.3 Å². The summed E-state index contributed by atoms with van der Waals surface area (Å²) in [6, 6.07) is 14.8. The molecule has 0 saturated carbocycles. The molecule has 1 aromatic heterocycles. The summed E-state index contributed by atoms with van der Waals surface area (Å²) in [4.78, 5) is 31.9. The fourth-order valence-corrected chi connectivity index (χ4v) is 6.22. The minimum Gasteiger partial charge on any atom is -0.491 e. The van der Waals surface area contributed by atoms with Crippen molar-refractivity contribution in [2.24, 2.45) is 0 Å². The van der Waals surface area contributed by atoms with Crippen LogP contribution < -0.4 is 4.74 Å². The van der Waals surface area contributed by atoms with Gasteiger partial charge in [0.05, 0.1) is 12.1 Å². The molecule has 3 heterocycles. The molecular weight excluding hydrogens is 559 g/mol. The molecule has 2 amide bonds. The first-order valence-corrected chi connectivity index (χ1v) is 14.1. The van der Waals surface area contributed by atoms with Crippen LogP contribution in [0.25, 0.3) is 0 Å². The van der Waals surface area contributed by atoms with Crippen LogP contribution in [-0.2, 0) is 16.0 Å². The van der Waals surface area contributed by atoms with Crippen molar-refractivity contribution in [3.05, 3.63) is 86.3 Å². The van der Waals surface area contributed by atoms with Crippen molar-refractivity contribution in [1.29, 1.82) is 0 Å². The van der Waals surface area contributed by atoms with Crippen LogP contribution in [0.15, 0.2) is 64.5 Å². The summed E-state index contributed by atoms with van der Waals surface area (Å²) in [5.41, 5.74) is 1.59. The smallest absolute Gasteiger partial charge is 0.254 e. The van der Waals surface area contributed by atoms with E-state index in [1.165, 1.54) is 17.0 Å². The number of hydrogen-bond donors (Lipinski definition) is 0. The van der Waals surface area contributed by atoms with Crippen LogP contribution in [0.5, 0.6) is 5.75 Å². The second kappa shape index (κ2) is 11.8. The van der Waals surface area contributed by atoms with Crippen molar-refractivity contribution in [3.63, 3.8) is 0 Å². The van der Waals surface area contributed by atoms with Gasteiger partial charge in [-0.1, -0.05) is 22.0 Å². The third-order valence-electron chi connectivity index (χ3n) is 6.77. The summed E-state index contributed by atoms with van der Waals surface area (Å²) in [5.74, 6) is -0.118. The first-order chi connectivity index (χ1) is 18.0. The second-order valence-corrected chi connectivity index (χ2v) is 11.2. The highest BCUT2D eigenvalue weighted by molar-refractivity contribution is 9.10. The van der Waals surface area contributed by atoms with E-state index in [0.29, 0.717) is 31.0 Å². The van der Waals surface area contributed by atoms with Gasteiger partial charge in [0.1, 0.15) is 24.7 Å². The zero-order valence-electron chi connectivity index (χ0n) is 20.3. The van der Waals surface area contributed by atoms with Gasteiger partial charge in [-0.25, -0.2) is 4.39 Å². The highest BCUT2D eigenvalue weighted by Gasteiger charge is 2.34. The maximum absolute atomic E-state index is 13.8. The Balaban J connectivity index is 1.35. The molecule has 2 aliphatic heterocycles. The minimum atomic E-state index is -0.330. The maximum Gasteiger partial charge on any atom is 0.254 e. The standard InChI is InChI=1S/C28H28BrFN2O4S/c29-20-4-1-3-19(15-20)28(34)31(16-23-5-2-13-35-23)17-27(33)32-12-10-26-24(11-14-37-26)25(32)18-36-22-8-6-21(30)7-9-22/h1,3-4,6-9,11,14-15,23,25H,2,5,10,12-13,16-18H2. The van der Waals surface area contributed by atoms with Crippen LogP contribution in [-0.4, -0.2) is 60.6 Å². The van der Waals surface area contributed by atoms with Crippen molar-refractivity contribution in [3.8, 4) is 5.75 Å². The Labute approximate surface area is 228 Å². The summed E-state index contributed by atoms with van der Waals surface area (Å²) < 4.78 is 25.9. The van der Waals surface area contributed by atoms with E-state index in [-0.39, 0.29) is 42.9 Å². The van der Waals surface area contributed by atoms with Gasteiger partial charge >= 0.3 is 0 Å². The third-order valence-corrected chi connectivity index (χ3v) is 8.26.